The van der Waals surface area contributed by atoms with Crippen LogP contribution in [-0.2, 0) is 6.42 Å². The number of ether oxygens (including phenoxy) is 1. The highest BCUT2D eigenvalue weighted by Crippen LogP contribution is 2.17. The molecule has 0 aliphatic carbocycles. The number of para-hydroxylation sites is 1. The van der Waals surface area contributed by atoms with E-state index < -0.39 is 6.10 Å². The summed E-state index contributed by atoms with van der Waals surface area (Å²) in [6, 6.07) is 14.1. The second kappa shape index (κ2) is 7.41. The first-order valence-electron chi connectivity index (χ1n) is 6.44. The minimum atomic E-state index is -0.549. The SMILES string of the molecule is OC(CCOc1ccccc1)Cc1cc(F)cc(Br)c1. The van der Waals surface area contributed by atoms with Gasteiger partial charge < -0.3 is 9.84 Å². The Morgan fingerprint density at radius 2 is 1.90 bits per heavy atom. The molecule has 2 nitrogen and oxygen atoms in total. The molecule has 2 aromatic carbocycles. The van der Waals surface area contributed by atoms with Crippen LogP contribution in [0.3, 0.4) is 0 Å². The molecular weight excluding hydrogens is 323 g/mol. The Kier molecular flexibility index (Phi) is 5.56. The summed E-state index contributed by atoms with van der Waals surface area (Å²) in [6.45, 7) is 0.432. The molecule has 0 aliphatic heterocycles. The zero-order chi connectivity index (χ0) is 14.4. The van der Waals surface area contributed by atoms with Gasteiger partial charge in [-0.15, -0.1) is 0 Å². The van der Waals surface area contributed by atoms with Crippen molar-refractivity contribution in [2.75, 3.05) is 6.61 Å². The average molecular weight is 339 g/mol. The van der Waals surface area contributed by atoms with Gasteiger partial charge in [-0.2, -0.15) is 0 Å². The average Bonchev–Trinajstić information content (AvgIpc) is 2.38. The van der Waals surface area contributed by atoms with Crippen molar-refractivity contribution in [3.63, 3.8) is 0 Å². The summed E-state index contributed by atoms with van der Waals surface area (Å²) in [7, 11) is 0. The van der Waals surface area contributed by atoms with Gasteiger partial charge in [0.05, 0.1) is 12.7 Å². The monoisotopic (exact) mass is 338 g/mol. The minimum absolute atomic E-state index is 0.304. The lowest BCUT2D eigenvalue weighted by atomic mass is 10.1. The van der Waals surface area contributed by atoms with E-state index in [1.54, 1.807) is 0 Å². The van der Waals surface area contributed by atoms with Crippen molar-refractivity contribution in [1.29, 1.82) is 0 Å². The van der Waals surface area contributed by atoms with E-state index in [1.807, 2.05) is 36.4 Å². The van der Waals surface area contributed by atoms with Crippen molar-refractivity contribution in [1.82, 2.24) is 0 Å². The molecule has 0 aromatic heterocycles. The molecule has 20 heavy (non-hydrogen) atoms. The predicted octanol–water partition coefficient (Wildman–Crippen LogP) is 3.96. The van der Waals surface area contributed by atoms with Crippen LogP contribution in [0, 0.1) is 5.82 Å². The van der Waals surface area contributed by atoms with E-state index in [1.165, 1.54) is 12.1 Å². The molecule has 1 unspecified atom stereocenters. The van der Waals surface area contributed by atoms with Crippen molar-refractivity contribution >= 4 is 15.9 Å². The summed E-state index contributed by atoms with van der Waals surface area (Å²) in [5, 5.41) is 9.94. The van der Waals surface area contributed by atoms with Crippen LogP contribution in [0.1, 0.15) is 12.0 Å². The zero-order valence-corrected chi connectivity index (χ0v) is 12.5. The lowest BCUT2D eigenvalue weighted by Crippen LogP contribution is -2.15. The van der Waals surface area contributed by atoms with Gasteiger partial charge in [-0.25, -0.2) is 4.39 Å². The van der Waals surface area contributed by atoms with Crippen molar-refractivity contribution < 1.29 is 14.2 Å². The number of aliphatic hydroxyl groups excluding tert-OH is 1. The van der Waals surface area contributed by atoms with Crippen LogP contribution in [0.2, 0.25) is 0 Å². The maximum absolute atomic E-state index is 13.2. The van der Waals surface area contributed by atoms with Crippen molar-refractivity contribution in [3.8, 4) is 5.75 Å². The quantitative estimate of drug-likeness (QED) is 0.863. The maximum Gasteiger partial charge on any atom is 0.124 e. The van der Waals surface area contributed by atoms with E-state index in [0.717, 1.165) is 11.3 Å². The molecule has 0 spiro atoms. The molecule has 2 aromatic rings. The standard InChI is InChI=1S/C16H16BrFO2/c17-13-8-12(9-14(18)11-13)10-15(19)6-7-20-16-4-2-1-3-5-16/h1-5,8-9,11,15,19H,6-7,10H2. The topological polar surface area (TPSA) is 29.5 Å². The van der Waals surface area contributed by atoms with E-state index in [-0.39, 0.29) is 5.82 Å². The second-order valence-electron chi connectivity index (χ2n) is 4.59. The fourth-order valence-electron chi connectivity index (χ4n) is 1.93. The number of hydrogen-bond acceptors (Lipinski definition) is 2. The molecule has 0 saturated heterocycles. The van der Waals surface area contributed by atoms with Crippen LogP contribution in [-0.4, -0.2) is 17.8 Å². The zero-order valence-electron chi connectivity index (χ0n) is 10.9. The Hall–Kier alpha value is -1.39. The third-order valence-electron chi connectivity index (χ3n) is 2.86. The first-order chi connectivity index (χ1) is 9.63. The summed E-state index contributed by atoms with van der Waals surface area (Å²) in [4.78, 5) is 0. The van der Waals surface area contributed by atoms with Crippen LogP contribution in [0.4, 0.5) is 4.39 Å². The molecule has 106 valence electrons. The van der Waals surface area contributed by atoms with E-state index in [2.05, 4.69) is 15.9 Å². The molecule has 0 fully saturated rings. The summed E-state index contributed by atoms with van der Waals surface area (Å²) in [5.74, 6) is 0.482. The smallest absolute Gasteiger partial charge is 0.124 e. The highest BCUT2D eigenvalue weighted by Gasteiger charge is 2.08. The van der Waals surface area contributed by atoms with Crippen LogP contribution in [0.25, 0.3) is 0 Å². The van der Waals surface area contributed by atoms with Gasteiger partial charge in [0, 0.05) is 10.9 Å². The molecule has 0 aliphatic rings. The molecule has 0 bridgehead atoms. The second-order valence-corrected chi connectivity index (χ2v) is 5.50. The molecule has 0 heterocycles. The summed E-state index contributed by atoms with van der Waals surface area (Å²) in [5.41, 5.74) is 0.768. The third kappa shape index (κ3) is 4.94. The summed E-state index contributed by atoms with van der Waals surface area (Å²) >= 11 is 3.24. The Morgan fingerprint density at radius 1 is 1.15 bits per heavy atom. The predicted molar refractivity (Wildman–Crippen MR) is 80.4 cm³/mol. The first-order valence-corrected chi connectivity index (χ1v) is 7.23. The normalized spacial score (nSPS) is 12.2. The summed E-state index contributed by atoms with van der Waals surface area (Å²) < 4.78 is 19.4. The largest absolute Gasteiger partial charge is 0.493 e. The Bertz CT molecular complexity index is 525. The molecule has 1 atom stereocenters. The minimum Gasteiger partial charge on any atom is -0.493 e. The molecule has 1 N–H and O–H groups in total. The lowest BCUT2D eigenvalue weighted by molar-refractivity contribution is 0.139. The molecule has 4 heteroatoms. The Morgan fingerprint density at radius 3 is 2.60 bits per heavy atom. The van der Waals surface area contributed by atoms with Gasteiger partial charge in [-0.3, -0.25) is 0 Å². The Labute approximate surface area is 126 Å². The lowest BCUT2D eigenvalue weighted by Gasteiger charge is -2.12. The van der Waals surface area contributed by atoms with E-state index >= 15 is 0 Å². The summed E-state index contributed by atoms with van der Waals surface area (Å²) in [6.07, 6.45) is 0.366. The fraction of sp³-hybridized carbons (Fsp3) is 0.250. The molecule has 0 radical (unpaired) electrons. The molecule has 2 rings (SSSR count). The van der Waals surface area contributed by atoms with Crippen molar-refractivity contribution in [2.24, 2.45) is 0 Å². The fourth-order valence-corrected chi connectivity index (χ4v) is 2.45. The highest BCUT2D eigenvalue weighted by atomic mass is 79.9. The number of benzene rings is 2. The van der Waals surface area contributed by atoms with Crippen LogP contribution >= 0.6 is 15.9 Å². The Balaban J connectivity index is 1.79. The van der Waals surface area contributed by atoms with Crippen LogP contribution in [0.15, 0.2) is 53.0 Å². The van der Waals surface area contributed by atoms with Gasteiger partial charge in [0.2, 0.25) is 0 Å². The van der Waals surface area contributed by atoms with Crippen LogP contribution in [0.5, 0.6) is 5.75 Å². The van der Waals surface area contributed by atoms with Gasteiger partial charge in [-0.1, -0.05) is 34.1 Å². The van der Waals surface area contributed by atoms with Crippen molar-refractivity contribution in [2.45, 2.75) is 18.9 Å². The van der Waals surface area contributed by atoms with Crippen molar-refractivity contribution in [3.05, 3.63) is 64.4 Å². The number of hydrogen-bond donors (Lipinski definition) is 1. The van der Waals surface area contributed by atoms with Gasteiger partial charge in [-0.05, 0) is 42.3 Å². The number of rotatable bonds is 6. The van der Waals surface area contributed by atoms with Gasteiger partial charge in [0.1, 0.15) is 11.6 Å². The third-order valence-corrected chi connectivity index (χ3v) is 3.31. The molecular formula is C16H16BrFO2. The van der Waals surface area contributed by atoms with Crippen LogP contribution < -0.4 is 4.74 Å². The van der Waals surface area contributed by atoms with E-state index in [0.29, 0.717) is 23.9 Å². The first kappa shape index (κ1) is 15.0. The van der Waals surface area contributed by atoms with E-state index in [4.69, 9.17) is 4.74 Å². The molecule has 0 amide bonds. The van der Waals surface area contributed by atoms with Gasteiger partial charge >= 0.3 is 0 Å². The maximum atomic E-state index is 13.2. The van der Waals surface area contributed by atoms with Gasteiger partial charge in [0.15, 0.2) is 0 Å². The van der Waals surface area contributed by atoms with Gasteiger partial charge in [0.25, 0.3) is 0 Å². The number of aliphatic hydroxyl groups is 1. The number of halogens is 2. The molecule has 0 saturated carbocycles. The van der Waals surface area contributed by atoms with E-state index in [9.17, 15) is 9.50 Å². The highest BCUT2D eigenvalue weighted by molar-refractivity contribution is 9.10.